The molecule has 0 bridgehead atoms. The van der Waals surface area contributed by atoms with Crippen molar-refractivity contribution in [3.8, 4) is 0 Å². The van der Waals surface area contributed by atoms with Crippen LogP contribution in [-0.4, -0.2) is 28.7 Å². The molecule has 0 aliphatic heterocycles. The van der Waals surface area contributed by atoms with Crippen molar-refractivity contribution >= 4 is 17.2 Å². The van der Waals surface area contributed by atoms with E-state index in [2.05, 4.69) is 19.2 Å². The zero-order chi connectivity index (χ0) is 16.0. The Kier molecular flexibility index (Phi) is 7.11. The Bertz CT molecular complexity index is 519. The van der Waals surface area contributed by atoms with Gasteiger partial charge in [0.05, 0.1) is 0 Å². The highest BCUT2D eigenvalue weighted by molar-refractivity contribution is 7.09. The van der Waals surface area contributed by atoms with Crippen molar-refractivity contribution in [3.63, 3.8) is 0 Å². The Balaban J connectivity index is 2.54. The summed E-state index contributed by atoms with van der Waals surface area (Å²) in [5, 5.41) is 11.9. The molecule has 1 heterocycles. The third-order valence-electron chi connectivity index (χ3n) is 3.61. The molecule has 6 heteroatoms. The summed E-state index contributed by atoms with van der Waals surface area (Å²) < 4.78 is 1.51. The number of aliphatic hydroxyl groups is 1. The molecule has 120 valence electrons. The Morgan fingerprint density at radius 2 is 2.05 bits per heavy atom. The molecule has 1 unspecified atom stereocenters. The molecule has 2 N–H and O–H groups in total. The zero-order valence-electron chi connectivity index (χ0n) is 13.3. The number of aromatic nitrogens is 1. The molecule has 0 saturated carbocycles. The highest BCUT2D eigenvalue weighted by atomic mass is 32.1. The van der Waals surface area contributed by atoms with Gasteiger partial charge in [-0.2, -0.15) is 0 Å². The third kappa shape index (κ3) is 5.63. The summed E-state index contributed by atoms with van der Waals surface area (Å²) in [4.78, 5) is 24.6. The topological polar surface area (TPSA) is 71.3 Å². The van der Waals surface area contributed by atoms with Crippen molar-refractivity contribution < 1.29 is 9.90 Å². The lowest BCUT2D eigenvalue weighted by Crippen LogP contribution is -2.35. The summed E-state index contributed by atoms with van der Waals surface area (Å²) in [6.07, 6.45) is 1.66. The van der Waals surface area contributed by atoms with E-state index in [1.165, 1.54) is 15.9 Å². The Morgan fingerprint density at radius 3 is 2.52 bits per heavy atom. The molecular formula is C15H26N2O3S. The van der Waals surface area contributed by atoms with Crippen LogP contribution in [0.2, 0.25) is 0 Å². The summed E-state index contributed by atoms with van der Waals surface area (Å²) in [6, 6.07) is 0. The first-order valence-electron chi connectivity index (χ1n) is 7.39. The highest BCUT2D eigenvalue weighted by Crippen LogP contribution is 2.14. The van der Waals surface area contributed by atoms with Gasteiger partial charge < -0.3 is 10.4 Å². The molecule has 0 aliphatic rings. The van der Waals surface area contributed by atoms with Crippen LogP contribution in [0.15, 0.2) is 4.79 Å². The van der Waals surface area contributed by atoms with Crippen LogP contribution in [0.5, 0.6) is 0 Å². The van der Waals surface area contributed by atoms with Crippen LogP contribution in [0.1, 0.15) is 37.3 Å². The van der Waals surface area contributed by atoms with Crippen LogP contribution < -0.4 is 10.2 Å². The summed E-state index contributed by atoms with van der Waals surface area (Å²) in [5.74, 6) is 0.661. The molecule has 0 saturated heterocycles. The van der Waals surface area contributed by atoms with Crippen LogP contribution in [0, 0.1) is 25.7 Å². The first-order valence-corrected chi connectivity index (χ1v) is 8.21. The molecule has 0 aromatic carbocycles. The van der Waals surface area contributed by atoms with Crippen molar-refractivity contribution in [2.24, 2.45) is 11.8 Å². The molecule has 0 spiro atoms. The SMILES string of the molecule is Cc1sc(=O)n(CC(=O)NCC(CCO)CC(C)C)c1C. The van der Waals surface area contributed by atoms with E-state index in [4.69, 9.17) is 5.11 Å². The van der Waals surface area contributed by atoms with Gasteiger partial charge in [-0.05, 0) is 38.5 Å². The number of aryl methyl sites for hydroxylation is 1. The van der Waals surface area contributed by atoms with E-state index in [1.54, 1.807) is 0 Å². The molecule has 1 aromatic rings. The van der Waals surface area contributed by atoms with E-state index < -0.39 is 0 Å². The molecule has 0 fully saturated rings. The number of carbonyl (C=O) groups excluding carboxylic acids is 1. The second kappa shape index (κ2) is 8.34. The second-order valence-electron chi connectivity index (χ2n) is 5.91. The Morgan fingerprint density at radius 1 is 1.38 bits per heavy atom. The molecule has 1 amide bonds. The van der Waals surface area contributed by atoms with Crippen LogP contribution in [-0.2, 0) is 11.3 Å². The zero-order valence-corrected chi connectivity index (χ0v) is 14.1. The number of hydrogen-bond acceptors (Lipinski definition) is 4. The molecule has 1 rings (SSSR count). The fraction of sp³-hybridized carbons (Fsp3) is 0.733. The number of amides is 1. The number of nitrogens with one attached hydrogen (secondary N) is 1. The van der Waals surface area contributed by atoms with E-state index in [0.717, 1.165) is 17.0 Å². The quantitative estimate of drug-likeness (QED) is 0.767. The number of hydrogen-bond donors (Lipinski definition) is 2. The summed E-state index contributed by atoms with van der Waals surface area (Å²) >= 11 is 1.17. The summed E-state index contributed by atoms with van der Waals surface area (Å²) in [7, 11) is 0. The number of rotatable bonds is 8. The molecule has 0 aliphatic carbocycles. The van der Waals surface area contributed by atoms with Gasteiger partial charge in [-0.1, -0.05) is 25.2 Å². The van der Waals surface area contributed by atoms with Gasteiger partial charge in [0.2, 0.25) is 5.91 Å². The van der Waals surface area contributed by atoms with Gasteiger partial charge in [0.1, 0.15) is 6.54 Å². The van der Waals surface area contributed by atoms with Crippen LogP contribution in [0.25, 0.3) is 0 Å². The maximum absolute atomic E-state index is 12.0. The number of carbonyl (C=O) groups is 1. The predicted molar refractivity (Wildman–Crippen MR) is 85.7 cm³/mol. The van der Waals surface area contributed by atoms with Gasteiger partial charge in [0.15, 0.2) is 0 Å². The molecule has 5 nitrogen and oxygen atoms in total. The van der Waals surface area contributed by atoms with Gasteiger partial charge >= 0.3 is 4.87 Å². The fourth-order valence-corrected chi connectivity index (χ4v) is 3.21. The van der Waals surface area contributed by atoms with Gasteiger partial charge in [-0.15, -0.1) is 0 Å². The Hall–Kier alpha value is -1.14. The van der Waals surface area contributed by atoms with Crippen molar-refractivity contribution in [2.45, 2.75) is 47.1 Å². The molecule has 1 aromatic heterocycles. The monoisotopic (exact) mass is 314 g/mol. The highest BCUT2D eigenvalue weighted by Gasteiger charge is 2.14. The minimum Gasteiger partial charge on any atom is -0.396 e. The molecule has 1 atom stereocenters. The van der Waals surface area contributed by atoms with Crippen LogP contribution >= 0.6 is 11.3 Å². The van der Waals surface area contributed by atoms with Crippen LogP contribution in [0.3, 0.4) is 0 Å². The smallest absolute Gasteiger partial charge is 0.308 e. The third-order valence-corrected chi connectivity index (χ3v) is 4.60. The normalized spacial score (nSPS) is 12.7. The number of nitrogens with zero attached hydrogens (tertiary/aromatic N) is 1. The first kappa shape index (κ1) is 17.9. The van der Waals surface area contributed by atoms with E-state index in [0.29, 0.717) is 18.9 Å². The molecule has 0 radical (unpaired) electrons. The van der Waals surface area contributed by atoms with Crippen molar-refractivity contribution in [2.75, 3.05) is 13.2 Å². The van der Waals surface area contributed by atoms with Gasteiger partial charge in [0.25, 0.3) is 0 Å². The predicted octanol–water partition coefficient (Wildman–Crippen LogP) is 1.69. The maximum atomic E-state index is 12.0. The number of aliphatic hydroxyl groups excluding tert-OH is 1. The van der Waals surface area contributed by atoms with Gasteiger partial charge in [-0.3, -0.25) is 14.2 Å². The second-order valence-corrected chi connectivity index (χ2v) is 7.07. The van der Waals surface area contributed by atoms with E-state index in [-0.39, 0.29) is 29.8 Å². The average Bonchev–Trinajstić information content (AvgIpc) is 2.62. The first-order chi connectivity index (χ1) is 9.85. The largest absolute Gasteiger partial charge is 0.396 e. The summed E-state index contributed by atoms with van der Waals surface area (Å²) in [6.45, 7) is 8.75. The lowest BCUT2D eigenvalue weighted by Gasteiger charge is -2.18. The minimum absolute atomic E-state index is 0.0720. The molecular weight excluding hydrogens is 288 g/mol. The van der Waals surface area contributed by atoms with Crippen molar-refractivity contribution in [3.05, 3.63) is 20.2 Å². The van der Waals surface area contributed by atoms with Crippen molar-refractivity contribution in [1.29, 1.82) is 0 Å². The fourth-order valence-electron chi connectivity index (χ4n) is 2.38. The van der Waals surface area contributed by atoms with Gasteiger partial charge in [0, 0.05) is 23.7 Å². The number of thiazole rings is 1. The van der Waals surface area contributed by atoms with E-state index in [9.17, 15) is 9.59 Å². The van der Waals surface area contributed by atoms with Crippen molar-refractivity contribution in [1.82, 2.24) is 9.88 Å². The maximum Gasteiger partial charge on any atom is 0.308 e. The van der Waals surface area contributed by atoms with E-state index >= 15 is 0 Å². The van der Waals surface area contributed by atoms with Gasteiger partial charge in [-0.25, -0.2) is 0 Å². The average molecular weight is 314 g/mol. The standard InChI is InChI=1S/C15H26N2O3S/c1-10(2)7-13(5-6-18)8-16-14(19)9-17-11(3)12(4)21-15(17)20/h10,13,18H,5-9H2,1-4H3,(H,16,19). The lowest BCUT2D eigenvalue weighted by atomic mass is 9.94. The minimum atomic E-state index is -0.148. The lowest BCUT2D eigenvalue weighted by molar-refractivity contribution is -0.122. The van der Waals surface area contributed by atoms with E-state index in [1.807, 2.05) is 13.8 Å². The summed E-state index contributed by atoms with van der Waals surface area (Å²) in [5.41, 5.74) is 0.856. The van der Waals surface area contributed by atoms with Crippen LogP contribution in [0.4, 0.5) is 0 Å². The molecule has 21 heavy (non-hydrogen) atoms. The Labute approximate surface area is 130 Å².